The van der Waals surface area contributed by atoms with Gasteiger partial charge >= 0.3 is 0 Å². The number of H-pyrrole nitrogens is 1. The summed E-state index contributed by atoms with van der Waals surface area (Å²) in [4.78, 5) is 22.2. The number of amides is 1. The Balaban J connectivity index is 1.62. The first-order valence-corrected chi connectivity index (χ1v) is 10.6. The summed E-state index contributed by atoms with van der Waals surface area (Å²) in [6, 6.07) is 9.30. The van der Waals surface area contributed by atoms with Crippen LogP contribution in [0.25, 0.3) is 11.0 Å². The molecule has 0 unspecified atom stereocenters. The first kappa shape index (κ1) is 22.4. The third-order valence-corrected chi connectivity index (χ3v) is 5.39. The normalized spacial score (nSPS) is 13.5. The highest BCUT2D eigenvalue weighted by Gasteiger charge is 2.20. The highest BCUT2D eigenvalue weighted by molar-refractivity contribution is 5.97. The van der Waals surface area contributed by atoms with E-state index in [0.29, 0.717) is 73.5 Å². The second-order valence-corrected chi connectivity index (χ2v) is 7.46. The van der Waals surface area contributed by atoms with E-state index < -0.39 is 0 Å². The molecular formula is C23H26N6O4. The Morgan fingerprint density at radius 2 is 2.09 bits per heavy atom. The minimum Gasteiger partial charge on any atom is -0.495 e. The highest BCUT2D eigenvalue weighted by Crippen LogP contribution is 2.33. The van der Waals surface area contributed by atoms with Crippen molar-refractivity contribution in [3.63, 3.8) is 0 Å². The molecule has 0 radical (unpaired) electrons. The number of rotatable bonds is 8. The van der Waals surface area contributed by atoms with Crippen LogP contribution in [0.4, 0.5) is 17.2 Å². The number of anilines is 3. The van der Waals surface area contributed by atoms with E-state index in [4.69, 9.17) is 14.2 Å². The Kier molecular flexibility index (Phi) is 6.92. The van der Waals surface area contributed by atoms with Crippen molar-refractivity contribution in [3.8, 4) is 11.8 Å². The molecule has 0 atom stereocenters. The van der Waals surface area contributed by atoms with Crippen molar-refractivity contribution in [2.45, 2.75) is 0 Å². The first-order valence-electron chi connectivity index (χ1n) is 10.6. The minimum absolute atomic E-state index is 0.0530. The molecule has 1 fully saturated rings. The van der Waals surface area contributed by atoms with Crippen LogP contribution in [0.15, 0.2) is 30.5 Å². The summed E-state index contributed by atoms with van der Waals surface area (Å²) in [6.45, 7) is 3.33. The average Bonchev–Trinajstić information content (AvgIpc) is 3.28. The van der Waals surface area contributed by atoms with Gasteiger partial charge in [-0.1, -0.05) is 0 Å². The molecule has 3 heterocycles. The van der Waals surface area contributed by atoms with Crippen molar-refractivity contribution in [1.29, 1.82) is 5.26 Å². The molecule has 3 N–H and O–H groups in total. The van der Waals surface area contributed by atoms with E-state index in [2.05, 4.69) is 26.7 Å². The fraction of sp³-hybridized carbons (Fsp3) is 0.348. The minimum atomic E-state index is -0.0530. The van der Waals surface area contributed by atoms with E-state index in [1.165, 1.54) is 0 Å². The zero-order chi connectivity index (χ0) is 23.2. The molecule has 1 saturated heterocycles. The maximum atomic E-state index is 12.8. The fourth-order valence-corrected chi connectivity index (χ4v) is 3.73. The predicted molar refractivity (Wildman–Crippen MR) is 124 cm³/mol. The van der Waals surface area contributed by atoms with Gasteiger partial charge in [-0.3, -0.25) is 4.79 Å². The molecule has 172 valence electrons. The van der Waals surface area contributed by atoms with Crippen molar-refractivity contribution in [2.75, 3.05) is 64.3 Å². The number of hydrogen-bond acceptors (Lipinski definition) is 8. The van der Waals surface area contributed by atoms with E-state index in [1.54, 1.807) is 43.5 Å². The molecule has 10 nitrogen and oxygen atoms in total. The summed E-state index contributed by atoms with van der Waals surface area (Å²) in [5.41, 5.74) is 3.06. The van der Waals surface area contributed by atoms with Crippen LogP contribution in [0.5, 0.6) is 5.75 Å². The number of nitrogens with zero attached hydrogens (tertiary/aromatic N) is 3. The van der Waals surface area contributed by atoms with Crippen LogP contribution in [0.1, 0.15) is 15.9 Å². The van der Waals surface area contributed by atoms with Gasteiger partial charge in [-0.25, -0.2) is 4.98 Å². The SMILES string of the molecule is COCCNc1cc(Nc2ccc(C(=O)N3CCOCC3)cc2OC)nc2[nH]cc(C#N)c12. The van der Waals surface area contributed by atoms with E-state index in [0.717, 1.165) is 11.1 Å². The molecule has 1 amide bonds. The lowest BCUT2D eigenvalue weighted by Gasteiger charge is -2.27. The van der Waals surface area contributed by atoms with E-state index in [9.17, 15) is 10.1 Å². The lowest BCUT2D eigenvalue weighted by Crippen LogP contribution is -2.40. The Morgan fingerprint density at radius 1 is 1.27 bits per heavy atom. The Labute approximate surface area is 191 Å². The Hall–Kier alpha value is -3.81. The van der Waals surface area contributed by atoms with Crippen LogP contribution in [0.3, 0.4) is 0 Å². The monoisotopic (exact) mass is 450 g/mol. The van der Waals surface area contributed by atoms with Crippen LogP contribution >= 0.6 is 0 Å². The van der Waals surface area contributed by atoms with Gasteiger partial charge in [0.1, 0.15) is 23.3 Å². The van der Waals surface area contributed by atoms with Gasteiger partial charge in [0, 0.05) is 44.6 Å². The number of fused-ring (bicyclic) bond motifs is 1. The molecule has 3 aromatic rings. The number of hydrogen-bond donors (Lipinski definition) is 3. The molecule has 10 heteroatoms. The summed E-state index contributed by atoms with van der Waals surface area (Å²) in [5.74, 6) is 1.02. The van der Waals surface area contributed by atoms with Gasteiger partial charge in [0.2, 0.25) is 0 Å². The van der Waals surface area contributed by atoms with Crippen molar-refractivity contribution < 1.29 is 19.0 Å². The van der Waals surface area contributed by atoms with Gasteiger partial charge < -0.3 is 34.7 Å². The lowest BCUT2D eigenvalue weighted by molar-refractivity contribution is 0.0302. The number of benzene rings is 1. The topological polar surface area (TPSA) is 125 Å². The first-order chi connectivity index (χ1) is 16.1. The molecule has 0 spiro atoms. The number of methoxy groups -OCH3 is 2. The predicted octanol–water partition coefficient (Wildman–Crippen LogP) is 2.72. The van der Waals surface area contributed by atoms with Gasteiger partial charge in [0.15, 0.2) is 0 Å². The number of morpholine rings is 1. The molecule has 1 aromatic carbocycles. The van der Waals surface area contributed by atoms with Gasteiger partial charge in [-0.05, 0) is 18.2 Å². The number of carbonyl (C=O) groups is 1. The zero-order valence-electron chi connectivity index (χ0n) is 18.6. The van der Waals surface area contributed by atoms with Crippen molar-refractivity contribution in [3.05, 3.63) is 41.6 Å². The van der Waals surface area contributed by atoms with Crippen molar-refractivity contribution >= 4 is 34.1 Å². The molecule has 0 bridgehead atoms. The number of nitrogens with one attached hydrogen (secondary N) is 3. The van der Waals surface area contributed by atoms with Gasteiger partial charge in [0.25, 0.3) is 5.91 Å². The maximum absolute atomic E-state index is 12.8. The van der Waals surface area contributed by atoms with E-state index >= 15 is 0 Å². The lowest BCUT2D eigenvalue weighted by atomic mass is 10.1. The Morgan fingerprint density at radius 3 is 2.82 bits per heavy atom. The summed E-state index contributed by atoms with van der Waals surface area (Å²) in [5, 5.41) is 16.7. The van der Waals surface area contributed by atoms with Crippen LogP contribution in [-0.2, 0) is 9.47 Å². The summed E-state index contributed by atoms with van der Waals surface area (Å²) >= 11 is 0. The quantitative estimate of drug-likeness (QED) is 0.448. The number of aromatic amines is 1. The van der Waals surface area contributed by atoms with Crippen molar-refractivity contribution in [2.24, 2.45) is 0 Å². The van der Waals surface area contributed by atoms with Crippen molar-refractivity contribution in [1.82, 2.24) is 14.9 Å². The summed E-state index contributed by atoms with van der Waals surface area (Å²) < 4.78 is 16.0. The third-order valence-electron chi connectivity index (χ3n) is 5.39. The van der Waals surface area contributed by atoms with Crippen LogP contribution in [0.2, 0.25) is 0 Å². The molecule has 1 aliphatic rings. The number of carbonyl (C=O) groups excluding carboxylic acids is 1. The Bertz CT molecular complexity index is 1180. The standard InChI is InChI=1S/C23H26N6O4/c1-31-8-5-25-18-12-20(28-22-21(18)16(13-24)14-26-22)27-17-4-3-15(11-19(17)32-2)23(30)29-6-9-33-10-7-29/h3-4,11-12,14H,5-10H2,1-2H3,(H3,25,26,27,28). The van der Waals surface area contributed by atoms with Crippen LogP contribution < -0.4 is 15.4 Å². The molecule has 33 heavy (non-hydrogen) atoms. The highest BCUT2D eigenvalue weighted by atomic mass is 16.5. The number of nitriles is 1. The van der Waals surface area contributed by atoms with Gasteiger partial charge in [0.05, 0.1) is 49.3 Å². The van der Waals surface area contributed by atoms with Crippen LogP contribution in [0, 0.1) is 11.3 Å². The summed E-state index contributed by atoms with van der Waals surface area (Å²) in [7, 11) is 3.19. The average molecular weight is 450 g/mol. The van der Waals surface area contributed by atoms with Gasteiger partial charge in [-0.2, -0.15) is 5.26 Å². The van der Waals surface area contributed by atoms with Gasteiger partial charge in [-0.15, -0.1) is 0 Å². The largest absolute Gasteiger partial charge is 0.495 e. The van der Waals surface area contributed by atoms with E-state index in [-0.39, 0.29) is 5.91 Å². The number of pyridine rings is 1. The molecule has 2 aromatic heterocycles. The van der Waals surface area contributed by atoms with E-state index in [1.807, 2.05) is 6.07 Å². The second-order valence-electron chi connectivity index (χ2n) is 7.46. The molecule has 4 rings (SSSR count). The molecule has 1 aliphatic heterocycles. The zero-order valence-corrected chi connectivity index (χ0v) is 18.6. The molecule has 0 aliphatic carbocycles. The molecule has 0 saturated carbocycles. The fourth-order valence-electron chi connectivity index (χ4n) is 3.73. The number of aromatic nitrogens is 2. The second kappa shape index (κ2) is 10.2. The number of ether oxygens (including phenoxy) is 3. The summed E-state index contributed by atoms with van der Waals surface area (Å²) in [6.07, 6.45) is 1.63. The molecular weight excluding hydrogens is 424 g/mol. The van der Waals surface area contributed by atoms with Crippen LogP contribution in [-0.4, -0.2) is 74.4 Å². The maximum Gasteiger partial charge on any atom is 0.254 e. The third kappa shape index (κ3) is 4.84. The smallest absolute Gasteiger partial charge is 0.254 e.